The molecule has 0 saturated heterocycles. The number of rotatable bonds is 9. The maximum Gasteiger partial charge on any atom is 0.416 e. The van der Waals surface area contributed by atoms with Crippen LogP contribution in [0.5, 0.6) is 5.75 Å². The average molecular weight is 557 g/mol. The number of carboxylic acids is 1. The van der Waals surface area contributed by atoms with Crippen LogP contribution in [0.2, 0.25) is 0 Å². The van der Waals surface area contributed by atoms with Gasteiger partial charge in [0.25, 0.3) is 0 Å². The van der Waals surface area contributed by atoms with Crippen LogP contribution in [0.3, 0.4) is 0 Å². The van der Waals surface area contributed by atoms with Gasteiger partial charge in [-0.25, -0.2) is 9.18 Å². The Kier molecular flexibility index (Phi) is 8.54. The number of benzene rings is 2. The number of carboxylic acid groups (broad SMARTS) is 1. The minimum absolute atomic E-state index is 0.137. The fraction of sp³-hybridized carbons (Fsp3) is 0.350. The molecule has 0 aliphatic carbocycles. The van der Waals surface area contributed by atoms with E-state index < -0.39 is 23.9 Å². The molecule has 1 atom stereocenters. The lowest BCUT2D eigenvalue weighted by Gasteiger charge is -2.16. The van der Waals surface area contributed by atoms with E-state index in [0.717, 1.165) is 18.6 Å². The van der Waals surface area contributed by atoms with Crippen LogP contribution in [-0.4, -0.2) is 23.8 Å². The first-order valence-corrected chi connectivity index (χ1v) is 10.5. The predicted octanol–water partition coefficient (Wildman–Crippen LogP) is 6.60. The Labute approximate surface area is 187 Å². The molecule has 0 aliphatic heterocycles. The van der Waals surface area contributed by atoms with Crippen molar-refractivity contribution in [2.24, 2.45) is 0 Å². The minimum atomic E-state index is -4.49. The second-order valence-electron chi connectivity index (χ2n) is 6.53. The van der Waals surface area contributed by atoms with Gasteiger partial charge in [0, 0.05) is 18.7 Å². The molecule has 0 aliphatic rings. The van der Waals surface area contributed by atoms with Crippen LogP contribution in [0.15, 0.2) is 39.3 Å². The summed E-state index contributed by atoms with van der Waals surface area (Å²) in [5, 5.41) is 11.6. The van der Waals surface area contributed by atoms with Crippen LogP contribution in [-0.2, 0) is 24.0 Å². The zero-order chi connectivity index (χ0) is 22.5. The topological polar surface area (TPSA) is 58.6 Å². The fourth-order valence-corrected chi connectivity index (χ4v) is 4.14. The first kappa shape index (κ1) is 24.5. The Hall–Kier alpha value is -1.81. The number of aliphatic carboxylic acids is 1. The van der Waals surface area contributed by atoms with Gasteiger partial charge in [-0.15, -0.1) is 0 Å². The summed E-state index contributed by atoms with van der Waals surface area (Å²) in [6.45, 7) is 2.30. The Balaban J connectivity index is 2.22. The molecule has 164 valence electrons. The highest BCUT2D eigenvalue weighted by atomic mass is 79.9. The van der Waals surface area contributed by atoms with E-state index in [9.17, 15) is 22.4 Å². The van der Waals surface area contributed by atoms with Crippen molar-refractivity contribution in [2.45, 2.75) is 38.7 Å². The van der Waals surface area contributed by atoms with Gasteiger partial charge >= 0.3 is 12.1 Å². The van der Waals surface area contributed by atoms with Crippen LogP contribution >= 0.6 is 31.9 Å². The maximum atomic E-state index is 13.4. The van der Waals surface area contributed by atoms with Crippen molar-refractivity contribution in [1.82, 2.24) is 0 Å². The summed E-state index contributed by atoms with van der Waals surface area (Å²) in [6, 6.07) is 6.68. The molecule has 0 fully saturated rings. The summed E-state index contributed by atoms with van der Waals surface area (Å²) in [4.78, 5) is 10.7. The van der Waals surface area contributed by atoms with Crippen LogP contribution in [0.1, 0.15) is 30.0 Å². The molecule has 0 amide bonds. The average Bonchev–Trinajstić information content (AvgIpc) is 2.64. The van der Waals surface area contributed by atoms with Crippen LogP contribution in [0.4, 0.5) is 23.2 Å². The summed E-state index contributed by atoms with van der Waals surface area (Å²) in [5.74, 6) is -1.25. The highest BCUT2D eigenvalue weighted by Crippen LogP contribution is 2.37. The van der Waals surface area contributed by atoms with E-state index in [2.05, 4.69) is 37.2 Å². The van der Waals surface area contributed by atoms with E-state index in [1.54, 1.807) is 6.07 Å². The molecule has 2 N–H and O–H groups in total. The second-order valence-corrected chi connectivity index (χ2v) is 8.24. The normalized spacial score (nSPS) is 12.5. The van der Waals surface area contributed by atoms with Gasteiger partial charge in [-0.05, 0) is 79.7 Å². The predicted molar refractivity (Wildman–Crippen MR) is 113 cm³/mol. The van der Waals surface area contributed by atoms with Gasteiger partial charge in [-0.3, -0.25) is 0 Å². The summed E-state index contributed by atoms with van der Waals surface area (Å²) in [6.07, 6.45) is -6.10. The fourth-order valence-electron chi connectivity index (χ4n) is 2.63. The smallest absolute Gasteiger partial charge is 0.416 e. The first-order valence-electron chi connectivity index (χ1n) is 8.94. The molecule has 0 radical (unpaired) electrons. The second kappa shape index (κ2) is 10.5. The summed E-state index contributed by atoms with van der Waals surface area (Å²) in [5.41, 5.74) is 0.307. The molecule has 2 rings (SSSR count). The van der Waals surface area contributed by atoms with E-state index in [1.807, 2.05) is 6.92 Å². The third-order valence-electron chi connectivity index (χ3n) is 4.02. The molecule has 4 nitrogen and oxygen atoms in total. The van der Waals surface area contributed by atoms with Crippen LogP contribution in [0.25, 0.3) is 0 Å². The van der Waals surface area contributed by atoms with E-state index in [-0.39, 0.29) is 13.0 Å². The summed E-state index contributed by atoms with van der Waals surface area (Å²) in [7, 11) is 0. The van der Waals surface area contributed by atoms with Gasteiger partial charge in [0.1, 0.15) is 12.4 Å². The molecule has 0 spiro atoms. The quantitative estimate of drug-likeness (QED) is 0.342. The van der Waals surface area contributed by atoms with E-state index >= 15 is 0 Å². The van der Waals surface area contributed by atoms with Gasteiger partial charge in [-0.2, -0.15) is 13.2 Å². The number of alkyl halides is 4. The van der Waals surface area contributed by atoms with E-state index in [0.29, 0.717) is 38.1 Å². The summed E-state index contributed by atoms with van der Waals surface area (Å²) >= 11 is 6.55. The lowest BCUT2D eigenvalue weighted by Crippen LogP contribution is -2.17. The van der Waals surface area contributed by atoms with Crippen LogP contribution < -0.4 is 10.1 Å². The van der Waals surface area contributed by atoms with E-state index in [4.69, 9.17) is 9.84 Å². The van der Waals surface area contributed by atoms with Crippen molar-refractivity contribution in [3.8, 4) is 5.75 Å². The molecule has 1 unspecified atom stereocenters. The van der Waals surface area contributed by atoms with Crippen molar-refractivity contribution in [3.05, 3.63) is 56.0 Å². The van der Waals surface area contributed by atoms with Gasteiger partial charge in [0.05, 0.1) is 14.5 Å². The molecule has 30 heavy (non-hydrogen) atoms. The number of halogens is 6. The lowest BCUT2D eigenvalue weighted by molar-refractivity contribution is -0.142. The zero-order valence-corrected chi connectivity index (χ0v) is 19.0. The van der Waals surface area contributed by atoms with Crippen molar-refractivity contribution < 1.29 is 32.2 Å². The van der Waals surface area contributed by atoms with Crippen molar-refractivity contribution in [1.29, 1.82) is 0 Å². The van der Waals surface area contributed by atoms with Gasteiger partial charge in [0.15, 0.2) is 0 Å². The van der Waals surface area contributed by atoms with Crippen molar-refractivity contribution in [3.63, 3.8) is 0 Å². The zero-order valence-electron chi connectivity index (χ0n) is 15.8. The van der Waals surface area contributed by atoms with Crippen LogP contribution in [0, 0.1) is 0 Å². The number of ether oxygens (including phenoxy) is 1. The van der Waals surface area contributed by atoms with Gasteiger partial charge in [-0.1, -0.05) is 6.92 Å². The van der Waals surface area contributed by atoms with Gasteiger partial charge < -0.3 is 15.2 Å². The number of hydrogen-bond acceptors (Lipinski definition) is 3. The molecule has 0 aromatic heterocycles. The van der Waals surface area contributed by atoms with Crippen molar-refractivity contribution >= 4 is 43.5 Å². The number of anilines is 1. The standard InChI is InChI=1S/C20H19Br2F4NO3/c1-2-3-27-14-5-12(4-13(9-14)20(24,25)26)10-30-18-15(21)6-11(7-16(18)22)8-17(23)19(28)29/h4-7,9,17,27H,2-3,8,10H2,1H3,(H,28,29). The number of nitrogens with one attached hydrogen (secondary N) is 1. The lowest BCUT2D eigenvalue weighted by atomic mass is 10.1. The summed E-state index contributed by atoms with van der Waals surface area (Å²) < 4.78 is 59.6. The molecule has 10 heteroatoms. The third-order valence-corrected chi connectivity index (χ3v) is 5.20. The Morgan fingerprint density at radius 3 is 2.30 bits per heavy atom. The number of carbonyl (C=O) groups is 1. The Morgan fingerprint density at radius 1 is 1.13 bits per heavy atom. The Morgan fingerprint density at radius 2 is 1.77 bits per heavy atom. The van der Waals surface area contributed by atoms with Crippen molar-refractivity contribution in [2.75, 3.05) is 11.9 Å². The molecular weight excluding hydrogens is 538 g/mol. The van der Waals surface area contributed by atoms with E-state index in [1.165, 1.54) is 12.1 Å². The SMILES string of the molecule is CCCNc1cc(COc2c(Br)cc(CC(F)C(=O)O)cc2Br)cc(C(F)(F)F)c1. The highest BCUT2D eigenvalue weighted by Gasteiger charge is 2.31. The molecular formula is C20H19Br2F4NO3. The molecule has 2 aromatic rings. The minimum Gasteiger partial charge on any atom is -0.487 e. The molecule has 0 saturated carbocycles. The molecule has 2 aromatic carbocycles. The number of hydrogen-bond donors (Lipinski definition) is 2. The Bertz CT molecular complexity index is 883. The molecule has 0 bridgehead atoms. The van der Waals surface area contributed by atoms with Gasteiger partial charge in [0.2, 0.25) is 6.17 Å². The third kappa shape index (κ3) is 6.87. The monoisotopic (exact) mass is 555 g/mol. The maximum absolute atomic E-state index is 13.4. The largest absolute Gasteiger partial charge is 0.487 e. The molecule has 0 heterocycles. The highest BCUT2D eigenvalue weighted by molar-refractivity contribution is 9.11. The first-order chi connectivity index (χ1) is 14.0.